The molecule has 0 unspecified atom stereocenters. The summed E-state index contributed by atoms with van der Waals surface area (Å²) < 4.78 is 0. The van der Waals surface area contributed by atoms with E-state index in [9.17, 15) is 4.79 Å². The van der Waals surface area contributed by atoms with E-state index in [0.717, 1.165) is 6.42 Å². The van der Waals surface area contributed by atoms with Crippen molar-refractivity contribution in [2.24, 2.45) is 5.41 Å². The van der Waals surface area contributed by atoms with Crippen molar-refractivity contribution in [1.29, 1.82) is 0 Å². The lowest BCUT2D eigenvalue weighted by molar-refractivity contribution is -0.129. The van der Waals surface area contributed by atoms with Crippen molar-refractivity contribution < 1.29 is 4.79 Å². The molecule has 0 aliphatic carbocycles. The highest BCUT2D eigenvalue weighted by Gasteiger charge is 2.25. The van der Waals surface area contributed by atoms with Gasteiger partial charge in [0.15, 0.2) is 0 Å². The maximum Gasteiger partial charge on any atom is 0.227 e. The Balaban J connectivity index is 2.72. The van der Waals surface area contributed by atoms with Gasteiger partial charge in [0.2, 0.25) is 5.91 Å². The summed E-state index contributed by atoms with van der Waals surface area (Å²) in [6, 6.07) is 0. The van der Waals surface area contributed by atoms with Crippen LogP contribution < -0.4 is 0 Å². The fourth-order valence-corrected chi connectivity index (χ4v) is 1.47. The highest BCUT2D eigenvalue weighted by molar-refractivity contribution is 5.78. The zero-order valence-corrected chi connectivity index (χ0v) is 8.42. The highest BCUT2D eigenvalue weighted by Crippen LogP contribution is 2.28. The monoisotopic (exact) mass is 179 g/mol. The minimum atomic E-state index is 0.101. The molecule has 1 aliphatic rings. The second-order valence-electron chi connectivity index (χ2n) is 4.26. The number of allylic oxidation sites excluding steroid dienone is 1. The maximum atomic E-state index is 11.6. The first kappa shape index (κ1) is 10.0. The summed E-state index contributed by atoms with van der Waals surface area (Å²) in [5, 5.41) is 0. The van der Waals surface area contributed by atoms with E-state index in [1.54, 1.807) is 11.0 Å². The van der Waals surface area contributed by atoms with Crippen LogP contribution in [0.2, 0.25) is 0 Å². The van der Waals surface area contributed by atoms with Crippen molar-refractivity contribution in [3.63, 3.8) is 0 Å². The third-order valence-corrected chi connectivity index (χ3v) is 2.23. The Morgan fingerprint density at radius 2 is 2.38 bits per heavy atom. The Bertz CT molecular complexity index is 240. The molecular formula is C11H17NO. The number of hydrogen-bond acceptors (Lipinski definition) is 1. The zero-order valence-electron chi connectivity index (χ0n) is 8.42. The Morgan fingerprint density at radius 3 is 3.00 bits per heavy atom. The molecule has 0 spiro atoms. The van der Waals surface area contributed by atoms with E-state index in [1.807, 2.05) is 6.20 Å². The maximum absolute atomic E-state index is 11.6. The minimum Gasteiger partial charge on any atom is -0.316 e. The molecule has 13 heavy (non-hydrogen) atoms. The summed E-state index contributed by atoms with van der Waals surface area (Å²) in [7, 11) is 0. The predicted molar refractivity (Wildman–Crippen MR) is 54.1 cm³/mol. The summed E-state index contributed by atoms with van der Waals surface area (Å²) in [5.74, 6) is 0.193. The molecule has 1 aliphatic heterocycles. The summed E-state index contributed by atoms with van der Waals surface area (Å²) in [6.07, 6.45) is 7.27. The van der Waals surface area contributed by atoms with Gasteiger partial charge < -0.3 is 4.90 Å². The van der Waals surface area contributed by atoms with Crippen molar-refractivity contribution in [1.82, 2.24) is 4.90 Å². The number of carbonyl (C=O) groups excluding carboxylic acids is 1. The van der Waals surface area contributed by atoms with E-state index in [2.05, 4.69) is 26.5 Å². The number of amides is 1. The topological polar surface area (TPSA) is 20.3 Å². The van der Waals surface area contributed by atoms with Crippen LogP contribution in [0.25, 0.3) is 0 Å². The third kappa shape index (κ3) is 2.72. The zero-order chi connectivity index (χ0) is 9.90. The van der Waals surface area contributed by atoms with Gasteiger partial charge >= 0.3 is 0 Å². The molecule has 0 saturated carbocycles. The summed E-state index contributed by atoms with van der Waals surface area (Å²) in [4.78, 5) is 13.4. The molecule has 0 fully saturated rings. The van der Waals surface area contributed by atoms with Crippen molar-refractivity contribution in [2.45, 2.75) is 26.7 Å². The fraction of sp³-hybridized carbons (Fsp3) is 0.545. The van der Waals surface area contributed by atoms with Crippen molar-refractivity contribution in [3.8, 4) is 0 Å². The molecule has 0 saturated heterocycles. The molecule has 0 bridgehead atoms. The Hall–Kier alpha value is -1.05. The van der Waals surface area contributed by atoms with Gasteiger partial charge in [0.25, 0.3) is 0 Å². The van der Waals surface area contributed by atoms with Crippen LogP contribution >= 0.6 is 0 Å². The van der Waals surface area contributed by atoms with Crippen LogP contribution in [-0.4, -0.2) is 17.4 Å². The van der Waals surface area contributed by atoms with Crippen LogP contribution in [0.5, 0.6) is 0 Å². The van der Waals surface area contributed by atoms with E-state index >= 15 is 0 Å². The SMILES string of the molecule is C=CCN1C=CCC(C)(C)CC1=O. The van der Waals surface area contributed by atoms with E-state index < -0.39 is 0 Å². The normalized spacial score (nSPS) is 21.4. The molecule has 2 heteroatoms. The van der Waals surface area contributed by atoms with E-state index in [-0.39, 0.29) is 11.3 Å². The number of carbonyl (C=O) groups is 1. The lowest BCUT2D eigenvalue weighted by Gasteiger charge is -2.21. The average molecular weight is 179 g/mol. The molecule has 72 valence electrons. The van der Waals surface area contributed by atoms with Crippen LogP contribution in [0.3, 0.4) is 0 Å². The molecule has 0 N–H and O–H groups in total. The molecular weight excluding hydrogens is 162 g/mol. The standard InChI is InChI=1S/C11H17NO/c1-4-7-12-8-5-6-11(2,3)9-10(12)13/h4-5,8H,1,6-7,9H2,2-3H3. The van der Waals surface area contributed by atoms with Crippen LogP contribution in [0.1, 0.15) is 26.7 Å². The Labute approximate surface area is 79.9 Å². The fourth-order valence-electron chi connectivity index (χ4n) is 1.47. The quantitative estimate of drug-likeness (QED) is 0.596. The molecule has 0 radical (unpaired) electrons. The first-order valence-corrected chi connectivity index (χ1v) is 4.62. The van der Waals surface area contributed by atoms with E-state index in [4.69, 9.17) is 0 Å². The predicted octanol–water partition coefficient (Wildman–Crippen LogP) is 2.33. The number of rotatable bonds is 2. The third-order valence-electron chi connectivity index (χ3n) is 2.23. The van der Waals surface area contributed by atoms with Gasteiger partial charge in [-0.25, -0.2) is 0 Å². The highest BCUT2D eigenvalue weighted by atomic mass is 16.2. The minimum absolute atomic E-state index is 0.101. The molecule has 0 atom stereocenters. The Kier molecular flexibility index (Phi) is 2.91. The van der Waals surface area contributed by atoms with Crippen molar-refractivity contribution >= 4 is 5.91 Å². The van der Waals surface area contributed by atoms with Gasteiger partial charge in [0.1, 0.15) is 0 Å². The van der Waals surface area contributed by atoms with Crippen LogP contribution in [0, 0.1) is 5.41 Å². The summed E-state index contributed by atoms with van der Waals surface area (Å²) >= 11 is 0. The molecule has 0 aromatic heterocycles. The van der Waals surface area contributed by atoms with Crippen molar-refractivity contribution in [3.05, 3.63) is 24.9 Å². The Morgan fingerprint density at radius 1 is 1.69 bits per heavy atom. The largest absolute Gasteiger partial charge is 0.316 e. The van der Waals surface area contributed by atoms with Gasteiger partial charge in [0.05, 0.1) is 0 Å². The van der Waals surface area contributed by atoms with Gasteiger partial charge in [0, 0.05) is 19.2 Å². The number of hydrogen-bond donors (Lipinski definition) is 0. The van der Waals surface area contributed by atoms with Crippen LogP contribution in [0.15, 0.2) is 24.9 Å². The molecule has 0 aromatic rings. The lowest BCUT2D eigenvalue weighted by atomic mass is 9.86. The van der Waals surface area contributed by atoms with Gasteiger partial charge in [-0.15, -0.1) is 6.58 Å². The summed E-state index contributed by atoms with van der Waals surface area (Å²) in [5.41, 5.74) is 0.101. The van der Waals surface area contributed by atoms with E-state index in [0.29, 0.717) is 13.0 Å². The second kappa shape index (κ2) is 3.77. The van der Waals surface area contributed by atoms with Gasteiger partial charge in [-0.2, -0.15) is 0 Å². The van der Waals surface area contributed by atoms with Crippen LogP contribution in [0.4, 0.5) is 0 Å². The molecule has 2 nitrogen and oxygen atoms in total. The number of nitrogens with zero attached hydrogens (tertiary/aromatic N) is 1. The smallest absolute Gasteiger partial charge is 0.227 e. The molecule has 1 rings (SSSR count). The van der Waals surface area contributed by atoms with Crippen molar-refractivity contribution in [2.75, 3.05) is 6.54 Å². The average Bonchev–Trinajstić information content (AvgIpc) is 2.11. The molecule has 0 aromatic carbocycles. The summed E-state index contributed by atoms with van der Waals surface area (Å²) in [6.45, 7) is 8.48. The molecule has 1 heterocycles. The van der Waals surface area contributed by atoms with E-state index in [1.165, 1.54) is 0 Å². The van der Waals surface area contributed by atoms with Gasteiger partial charge in [-0.3, -0.25) is 4.79 Å². The van der Waals surface area contributed by atoms with Crippen LogP contribution in [-0.2, 0) is 4.79 Å². The first-order valence-electron chi connectivity index (χ1n) is 4.62. The van der Waals surface area contributed by atoms with Gasteiger partial charge in [-0.05, 0) is 11.8 Å². The lowest BCUT2D eigenvalue weighted by Crippen LogP contribution is -2.28. The second-order valence-corrected chi connectivity index (χ2v) is 4.26. The van der Waals surface area contributed by atoms with Gasteiger partial charge in [-0.1, -0.05) is 26.0 Å². The first-order chi connectivity index (χ1) is 6.05. The molecule has 1 amide bonds.